The Balaban J connectivity index is 1.87. The highest BCUT2D eigenvalue weighted by Crippen LogP contribution is 2.33. The van der Waals surface area contributed by atoms with Crippen molar-refractivity contribution in [1.82, 2.24) is 0 Å². The molecule has 1 aromatic carbocycles. The lowest BCUT2D eigenvalue weighted by Crippen LogP contribution is -2.29. The maximum absolute atomic E-state index is 11.1. The minimum absolute atomic E-state index is 0.559. The van der Waals surface area contributed by atoms with Gasteiger partial charge in [-0.05, 0) is 67.7 Å². The summed E-state index contributed by atoms with van der Waals surface area (Å²) in [5.74, 6) is 0.849. The van der Waals surface area contributed by atoms with Gasteiger partial charge in [-0.1, -0.05) is 18.9 Å². The van der Waals surface area contributed by atoms with Gasteiger partial charge in [-0.15, -0.1) is 0 Å². The van der Waals surface area contributed by atoms with Gasteiger partial charge in [0.15, 0.2) is 0 Å². The van der Waals surface area contributed by atoms with E-state index in [4.69, 9.17) is 0 Å². The van der Waals surface area contributed by atoms with Crippen LogP contribution in [0.3, 0.4) is 0 Å². The third-order valence-corrected chi connectivity index (χ3v) is 5.27. The van der Waals surface area contributed by atoms with E-state index in [1.165, 1.54) is 73.9 Å². The minimum Gasteiger partial charge on any atom is -0.371 e. The molecule has 0 atom stereocenters. The number of anilines is 1. The average molecular weight is 285 g/mol. The molecule has 0 unspecified atom stereocenters. The van der Waals surface area contributed by atoms with Crippen LogP contribution in [0.15, 0.2) is 12.1 Å². The molecular weight excluding hydrogens is 258 g/mol. The first-order valence-electron chi connectivity index (χ1n) is 8.65. The second-order valence-electron chi connectivity index (χ2n) is 6.66. The minimum atomic E-state index is 0.559. The van der Waals surface area contributed by atoms with Crippen molar-refractivity contribution in [3.63, 3.8) is 0 Å². The molecule has 0 spiro atoms. The molecule has 2 nitrogen and oxygen atoms in total. The summed E-state index contributed by atoms with van der Waals surface area (Å²) in [6.45, 7) is 4.45. The first kappa shape index (κ1) is 14.6. The topological polar surface area (TPSA) is 20.3 Å². The molecule has 3 rings (SSSR count). The first-order chi connectivity index (χ1) is 10.3. The number of benzene rings is 1. The lowest BCUT2D eigenvalue weighted by Gasteiger charge is -2.29. The van der Waals surface area contributed by atoms with Crippen LogP contribution in [0.1, 0.15) is 55.7 Å². The summed E-state index contributed by atoms with van der Waals surface area (Å²) in [7, 11) is 0. The van der Waals surface area contributed by atoms with E-state index >= 15 is 0 Å². The van der Waals surface area contributed by atoms with Crippen LogP contribution in [-0.4, -0.2) is 19.4 Å². The quantitative estimate of drug-likeness (QED) is 0.738. The summed E-state index contributed by atoms with van der Waals surface area (Å²) in [6.07, 6.45) is 10.8. The molecule has 0 N–H and O–H groups in total. The van der Waals surface area contributed by atoms with Gasteiger partial charge in [0.1, 0.15) is 6.29 Å². The van der Waals surface area contributed by atoms with Gasteiger partial charge in [0.2, 0.25) is 0 Å². The Morgan fingerprint density at radius 2 is 1.86 bits per heavy atom. The monoisotopic (exact) mass is 285 g/mol. The van der Waals surface area contributed by atoms with Crippen molar-refractivity contribution in [2.75, 3.05) is 18.0 Å². The maximum Gasteiger partial charge on any atom is 0.124 e. The van der Waals surface area contributed by atoms with Crippen molar-refractivity contribution in [2.24, 2.45) is 5.92 Å². The molecule has 0 bridgehead atoms. The van der Waals surface area contributed by atoms with E-state index in [0.717, 1.165) is 18.7 Å². The predicted octanol–water partition coefficient (Wildman–Crippen LogP) is 3.93. The first-order valence-corrected chi connectivity index (χ1v) is 8.65. The van der Waals surface area contributed by atoms with Gasteiger partial charge in [-0.3, -0.25) is 0 Å². The van der Waals surface area contributed by atoms with E-state index in [1.807, 2.05) is 0 Å². The molecule has 2 heteroatoms. The number of nitrogens with zero attached hydrogens (tertiary/aromatic N) is 1. The van der Waals surface area contributed by atoms with E-state index in [0.29, 0.717) is 6.42 Å². The third-order valence-electron chi connectivity index (χ3n) is 5.27. The number of carbonyl (C=O) groups is 1. The molecule has 2 aliphatic carbocycles. The fourth-order valence-corrected chi connectivity index (χ4v) is 4.11. The number of hydrogen-bond donors (Lipinski definition) is 0. The largest absolute Gasteiger partial charge is 0.371 e. The zero-order chi connectivity index (χ0) is 14.7. The van der Waals surface area contributed by atoms with Crippen LogP contribution in [0.4, 0.5) is 5.69 Å². The molecule has 1 fully saturated rings. The molecule has 0 saturated heterocycles. The molecule has 114 valence electrons. The summed E-state index contributed by atoms with van der Waals surface area (Å²) in [6, 6.07) is 4.70. The number of fused-ring (bicyclic) bond motifs is 1. The summed E-state index contributed by atoms with van der Waals surface area (Å²) >= 11 is 0. The summed E-state index contributed by atoms with van der Waals surface area (Å²) < 4.78 is 0. The smallest absolute Gasteiger partial charge is 0.124 e. The third kappa shape index (κ3) is 3.14. The molecule has 0 amide bonds. The second kappa shape index (κ2) is 6.64. The Hall–Kier alpha value is -1.31. The zero-order valence-electron chi connectivity index (χ0n) is 13.2. The average Bonchev–Trinajstić information content (AvgIpc) is 3.15. The number of hydrogen-bond acceptors (Lipinski definition) is 2. The molecule has 1 saturated carbocycles. The van der Waals surface area contributed by atoms with Crippen LogP contribution in [0.2, 0.25) is 0 Å². The molecule has 0 aliphatic heterocycles. The Bertz CT molecular complexity index is 503. The summed E-state index contributed by atoms with van der Waals surface area (Å²) in [5, 5.41) is 0. The van der Waals surface area contributed by atoms with Crippen molar-refractivity contribution in [3.8, 4) is 0 Å². The van der Waals surface area contributed by atoms with Crippen LogP contribution in [0.5, 0.6) is 0 Å². The highest BCUT2D eigenvalue weighted by atomic mass is 16.1. The molecule has 1 aromatic rings. The van der Waals surface area contributed by atoms with E-state index < -0.39 is 0 Å². The number of aldehydes is 1. The lowest BCUT2D eigenvalue weighted by atomic mass is 10.00. The van der Waals surface area contributed by atoms with Crippen LogP contribution >= 0.6 is 0 Å². The highest BCUT2D eigenvalue weighted by molar-refractivity contribution is 5.66. The van der Waals surface area contributed by atoms with Crippen molar-refractivity contribution in [1.29, 1.82) is 0 Å². The zero-order valence-corrected chi connectivity index (χ0v) is 13.2. The van der Waals surface area contributed by atoms with Crippen molar-refractivity contribution in [2.45, 2.75) is 58.3 Å². The van der Waals surface area contributed by atoms with Crippen LogP contribution in [0.25, 0.3) is 0 Å². The molecule has 0 aromatic heterocycles. The Morgan fingerprint density at radius 1 is 1.14 bits per heavy atom. The van der Waals surface area contributed by atoms with Crippen LogP contribution in [0, 0.1) is 5.92 Å². The van der Waals surface area contributed by atoms with Gasteiger partial charge in [0.05, 0.1) is 0 Å². The van der Waals surface area contributed by atoms with Crippen molar-refractivity contribution in [3.05, 3.63) is 28.8 Å². The van der Waals surface area contributed by atoms with Crippen LogP contribution < -0.4 is 4.90 Å². The van der Waals surface area contributed by atoms with E-state index in [1.54, 1.807) is 0 Å². The number of aryl methyl sites for hydroxylation is 2. The molecule has 21 heavy (non-hydrogen) atoms. The SMILES string of the molecule is CCN(CC1CCCC1)c1cc2c(cc1CC=O)CCC2. The Kier molecular flexibility index (Phi) is 4.62. The van der Waals surface area contributed by atoms with Gasteiger partial charge in [-0.25, -0.2) is 0 Å². The normalized spacial score (nSPS) is 18.0. The van der Waals surface area contributed by atoms with Crippen LogP contribution in [-0.2, 0) is 24.1 Å². The molecule has 2 aliphatic rings. The van der Waals surface area contributed by atoms with Gasteiger partial charge in [0.25, 0.3) is 0 Å². The fraction of sp³-hybridized carbons (Fsp3) is 0.632. The van der Waals surface area contributed by atoms with Crippen molar-refractivity contribution < 1.29 is 4.79 Å². The van der Waals surface area contributed by atoms with Gasteiger partial charge in [-0.2, -0.15) is 0 Å². The second-order valence-corrected chi connectivity index (χ2v) is 6.66. The molecule has 0 heterocycles. The van der Waals surface area contributed by atoms with Crippen molar-refractivity contribution >= 4 is 12.0 Å². The molecule has 0 radical (unpaired) electrons. The van der Waals surface area contributed by atoms with Gasteiger partial charge >= 0.3 is 0 Å². The van der Waals surface area contributed by atoms with E-state index in [9.17, 15) is 4.79 Å². The van der Waals surface area contributed by atoms with E-state index in [-0.39, 0.29) is 0 Å². The predicted molar refractivity (Wildman–Crippen MR) is 88.1 cm³/mol. The summed E-state index contributed by atoms with van der Waals surface area (Å²) in [5.41, 5.74) is 5.57. The highest BCUT2D eigenvalue weighted by Gasteiger charge is 2.21. The van der Waals surface area contributed by atoms with Gasteiger partial charge in [0, 0.05) is 25.2 Å². The fourth-order valence-electron chi connectivity index (χ4n) is 4.11. The Morgan fingerprint density at radius 3 is 2.52 bits per heavy atom. The lowest BCUT2D eigenvalue weighted by molar-refractivity contribution is -0.107. The summed E-state index contributed by atoms with van der Waals surface area (Å²) in [4.78, 5) is 13.6. The number of rotatable bonds is 6. The molecular formula is C19H27NO. The number of carbonyl (C=O) groups excluding carboxylic acids is 1. The Labute approximate surface area is 128 Å². The standard InChI is InChI=1S/C19H27NO/c1-2-20(14-15-6-3-4-7-15)19-13-17-9-5-8-16(17)12-18(19)10-11-21/h11-13,15H,2-10,14H2,1H3. The maximum atomic E-state index is 11.1. The van der Waals surface area contributed by atoms with E-state index in [2.05, 4.69) is 24.0 Å². The van der Waals surface area contributed by atoms with Gasteiger partial charge < -0.3 is 9.69 Å².